The zero-order valence-corrected chi connectivity index (χ0v) is 10.7. The molecule has 2 aromatic heterocycles. The summed E-state index contributed by atoms with van der Waals surface area (Å²) in [5, 5.41) is 6.73. The Morgan fingerprint density at radius 2 is 2.12 bits per heavy atom. The molecule has 0 saturated heterocycles. The second kappa shape index (κ2) is 5.00. The van der Waals surface area contributed by atoms with Crippen LogP contribution in [0.4, 0.5) is 5.82 Å². The van der Waals surface area contributed by atoms with Crippen LogP contribution in [0, 0.1) is 5.92 Å². The normalized spacial score (nSPS) is 17.4. The van der Waals surface area contributed by atoms with Crippen molar-refractivity contribution in [2.24, 2.45) is 5.92 Å². The highest BCUT2D eigenvalue weighted by molar-refractivity contribution is 7.16. The predicted molar refractivity (Wildman–Crippen MR) is 72.5 cm³/mol. The van der Waals surface area contributed by atoms with E-state index in [0.717, 1.165) is 28.5 Å². The molecule has 3 nitrogen and oxygen atoms in total. The van der Waals surface area contributed by atoms with Crippen molar-refractivity contribution in [1.82, 2.24) is 9.97 Å². The molecule has 4 heteroatoms. The smallest absolute Gasteiger partial charge is 0.138 e. The maximum Gasteiger partial charge on any atom is 0.138 e. The van der Waals surface area contributed by atoms with E-state index in [1.54, 1.807) is 17.7 Å². The Kier molecular flexibility index (Phi) is 3.22. The van der Waals surface area contributed by atoms with Gasteiger partial charge in [-0.25, -0.2) is 9.97 Å². The van der Waals surface area contributed by atoms with Gasteiger partial charge in [0, 0.05) is 6.54 Å². The summed E-state index contributed by atoms with van der Waals surface area (Å²) in [6.45, 7) is 1.06. The first-order valence-corrected chi connectivity index (χ1v) is 7.23. The van der Waals surface area contributed by atoms with E-state index in [1.807, 2.05) is 0 Å². The van der Waals surface area contributed by atoms with Gasteiger partial charge in [0.15, 0.2) is 0 Å². The Morgan fingerprint density at radius 3 is 3.00 bits per heavy atom. The number of hydrogen-bond acceptors (Lipinski definition) is 4. The summed E-state index contributed by atoms with van der Waals surface area (Å²) in [6, 6.07) is 2.10. The molecule has 0 spiro atoms. The van der Waals surface area contributed by atoms with Crippen molar-refractivity contribution in [1.29, 1.82) is 0 Å². The lowest BCUT2D eigenvalue weighted by Crippen LogP contribution is -2.17. The van der Waals surface area contributed by atoms with Crippen molar-refractivity contribution in [2.45, 2.75) is 32.1 Å². The van der Waals surface area contributed by atoms with Crippen LogP contribution in [-0.4, -0.2) is 16.5 Å². The molecule has 17 heavy (non-hydrogen) atoms. The molecular weight excluding hydrogens is 230 g/mol. The van der Waals surface area contributed by atoms with E-state index in [0.29, 0.717) is 0 Å². The van der Waals surface area contributed by atoms with Crippen molar-refractivity contribution in [2.75, 3.05) is 11.9 Å². The van der Waals surface area contributed by atoms with E-state index in [9.17, 15) is 0 Å². The minimum Gasteiger partial charge on any atom is -0.369 e. The van der Waals surface area contributed by atoms with Crippen LogP contribution in [-0.2, 0) is 0 Å². The van der Waals surface area contributed by atoms with Crippen LogP contribution in [0.3, 0.4) is 0 Å². The number of thiophene rings is 1. The second-order valence-corrected chi connectivity index (χ2v) is 5.64. The molecule has 3 rings (SSSR count). The van der Waals surface area contributed by atoms with Gasteiger partial charge in [-0.05, 0) is 30.2 Å². The van der Waals surface area contributed by atoms with E-state index in [1.165, 1.54) is 32.1 Å². The van der Waals surface area contributed by atoms with Gasteiger partial charge in [0.2, 0.25) is 0 Å². The van der Waals surface area contributed by atoms with E-state index in [2.05, 4.69) is 26.7 Å². The molecule has 1 saturated carbocycles. The van der Waals surface area contributed by atoms with Gasteiger partial charge in [-0.2, -0.15) is 0 Å². The van der Waals surface area contributed by atoms with E-state index < -0.39 is 0 Å². The summed E-state index contributed by atoms with van der Waals surface area (Å²) in [6.07, 6.45) is 8.59. The topological polar surface area (TPSA) is 37.8 Å². The first kappa shape index (κ1) is 11.0. The highest BCUT2D eigenvalue weighted by Crippen LogP contribution is 2.26. The molecule has 1 aliphatic rings. The molecule has 90 valence electrons. The third-order valence-corrected chi connectivity index (χ3v) is 4.37. The maximum atomic E-state index is 4.35. The molecule has 2 heterocycles. The SMILES string of the molecule is c1nc(NCC2CCCCC2)c2ccsc2n1. The van der Waals surface area contributed by atoms with Crippen LogP contribution in [0.1, 0.15) is 32.1 Å². The number of nitrogens with zero attached hydrogens (tertiary/aromatic N) is 2. The molecule has 1 aliphatic carbocycles. The highest BCUT2D eigenvalue weighted by atomic mass is 32.1. The van der Waals surface area contributed by atoms with Gasteiger partial charge in [0.25, 0.3) is 0 Å². The van der Waals surface area contributed by atoms with Crippen LogP contribution < -0.4 is 5.32 Å². The fraction of sp³-hybridized carbons (Fsp3) is 0.538. The first-order valence-electron chi connectivity index (χ1n) is 6.35. The monoisotopic (exact) mass is 247 g/mol. The standard InChI is InChI=1S/C13H17N3S/c1-2-4-10(5-3-1)8-14-12-11-6-7-17-13(11)16-9-15-12/h6-7,9-10H,1-5,8H2,(H,14,15,16). The average Bonchev–Trinajstić information content (AvgIpc) is 2.86. The summed E-state index contributed by atoms with van der Waals surface area (Å²) in [5.74, 6) is 1.83. The summed E-state index contributed by atoms with van der Waals surface area (Å²) < 4.78 is 0. The summed E-state index contributed by atoms with van der Waals surface area (Å²) in [7, 11) is 0. The Labute approximate surface area is 105 Å². The van der Waals surface area contributed by atoms with Gasteiger partial charge < -0.3 is 5.32 Å². The minimum atomic E-state index is 0.826. The number of fused-ring (bicyclic) bond motifs is 1. The van der Waals surface area contributed by atoms with Crippen molar-refractivity contribution in [3.05, 3.63) is 17.8 Å². The van der Waals surface area contributed by atoms with Crippen LogP contribution in [0.2, 0.25) is 0 Å². The van der Waals surface area contributed by atoms with E-state index >= 15 is 0 Å². The molecule has 1 N–H and O–H groups in total. The number of aromatic nitrogens is 2. The fourth-order valence-corrected chi connectivity index (χ4v) is 3.30. The lowest BCUT2D eigenvalue weighted by Gasteiger charge is -2.22. The second-order valence-electron chi connectivity index (χ2n) is 4.75. The lowest BCUT2D eigenvalue weighted by molar-refractivity contribution is 0.373. The van der Waals surface area contributed by atoms with Gasteiger partial charge in [-0.3, -0.25) is 0 Å². The fourth-order valence-electron chi connectivity index (χ4n) is 2.56. The molecule has 0 unspecified atom stereocenters. The minimum absolute atomic E-state index is 0.826. The lowest BCUT2D eigenvalue weighted by atomic mass is 9.89. The van der Waals surface area contributed by atoms with Crippen LogP contribution >= 0.6 is 11.3 Å². The van der Waals surface area contributed by atoms with Gasteiger partial charge >= 0.3 is 0 Å². The largest absolute Gasteiger partial charge is 0.369 e. The Hall–Kier alpha value is -1.16. The molecule has 0 aromatic carbocycles. The highest BCUT2D eigenvalue weighted by Gasteiger charge is 2.13. The predicted octanol–water partition coefficient (Wildman–Crippen LogP) is 3.68. The molecule has 0 aliphatic heterocycles. The first-order chi connectivity index (χ1) is 8.43. The molecule has 1 fully saturated rings. The van der Waals surface area contributed by atoms with Gasteiger partial charge in [0.05, 0.1) is 5.39 Å². The number of anilines is 1. The molecule has 0 bridgehead atoms. The zero-order chi connectivity index (χ0) is 11.5. The number of nitrogens with one attached hydrogen (secondary N) is 1. The summed E-state index contributed by atoms with van der Waals surface area (Å²) >= 11 is 1.67. The third-order valence-electron chi connectivity index (χ3n) is 3.54. The van der Waals surface area contributed by atoms with Gasteiger partial charge in [-0.15, -0.1) is 11.3 Å². The van der Waals surface area contributed by atoms with E-state index in [4.69, 9.17) is 0 Å². The number of rotatable bonds is 3. The van der Waals surface area contributed by atoms with Crippen LogP contribution in [0.5, 0.6) is 0 Å². The molecule has 0 radical (unpaired) electrons. The third kappa shape index (κ3) is 2.41. The van der Waals surface area contributed by atoms with Crippen molar-refractivity contribution in [3.63, 3.8) is 0 Å². The van der Waals surface area contributed by atoms with E-state index in [-0.39, 0.29) is 0 Å². The Balaban J connectivity index is 1.69. The maximum absolute atomic E-state index is 4.35. The van der Waals surface area contributed by atoms with Crippen molar-refractivity contribution < 1.29 is 0 Å². The molecule has 0 atom stereocenters. The van der Waals surface area contributed by atoms with Crippen LogP contribution in [0.25, 0.3) is 10.2 Å². The van der Waals surface area contributed by atoms with Gasteiger partial charge in [0.1, 0.15) is 17.0 Å². The quantitative estimate of drug-likeness (QED) is 0.899. The van der Waals surface area contributed by atoms with Crippen molar-refractivity contribution >= 4 is 27.4 Å². The number of hydrogen-bond donors (Lipinski definition) is 1. The summed E-state index contributed by atoms with van der Waals surface area (Å²) in [5.41, 5.74) is 0. The van der Waals surface area contributed by atoms with Crippen LogP contribution in [0.15, 0.2) is 17.8 Å². The average molecular weight is 247 g/mol. The molecule has 2 aromatic rings. The molecule has 0 amide bonds. The summed E-state index contributed by atoms with van der Waals surface area (Å²) in [4.78, 5) is 9.69. The van der Waals surface area contributed by atoms with Gasteiger partial charge in [-0.1, -0.05) is 19.3 Å². The molecular formula is C13H17N3S. The Morgan fingerprint density at radius 1 is 1.24 bits per heavy atom. The van der Waals surface area contributed by atoms with Crippen molar-refractivity contribution in [3.8, 4) is 0 Å². The Bertz CT molecular complexity index is 488. The zero-order valence-electron chi connectivity index (χ0n) is 9.85.